The molecule has 1 aliphatic heterocycles. The number of aromatic nitrogens is 2. The van der Waals surface area contributed by atoms with Gasteiger partial charge in [0.2, 0.25) is 0 Å². The van der Waals surface area contributed by atoms with Gasteiger partial charge in [-0.15, -0.1) is 0 Å². The fourth-order valence-electron chi connectivity index (χ4n) is 4.01. The molecule has 1 saturated heterocycles. The van der Waals surface area contributed by atoms with Gasteiger partial charge in [0, 0.05) is 38.8 Å². The molecule has 1 amide bonds. The number of nitrogens with zero attached hydrogens (tertiary/aromatic N) is 4. The van der Waals surface area contributed by atoms with Crippen molar-refractivity contribution < 1.29 is 4.79 Å². The normalized spacial score (nSPS) is 16.8. The van der Waals surface area contributed by atoms with Gasteiger partial charge < -0.3 is 10.2 Å². The maximum Gasteiger partial charge on any atom is 0.256 e. The molecule has 2 heterocycles. The van der Waals surface area contributed by atoms with E-state index in [9.17, 15) is 4.79 Å². The first-order valence-corrected chi connectivity index (χ1v) is 11.1. The third-order valence-corrected chi connectivity index (χ3v) is 6.38. The van der Waals surface area contributed by atoms with Gasteiger partial charge in [0.05, 0.1) is 17.8 Å². The molecular formula is C23H34ClN5O. The van der Waals surface area contributed by atoms with E-state index >= 15 is 0 Å². The predicted octanol–water partition coefficient (Wildman–Crippen LogP) is 3.20. The van der Waals surface area contributed by atoms with Crippen LogP contribution >= 0.6 is 11.6 Å². The zero-order chi connectivity index (χ0) is 21.8. The van der Waals surface area contributed by atoms with Gasteiger partial charge in [-0.05, 0) is 32.4 Å². The van der Waals surface area contributed by atoms with Crippen LogP contribution in [0.3, 0.4) is 0 Å². The molecule has 1 aliphatic rings. The highest BCUT2D eigenvalue weighted by Crippen LogP contribution is 2.21. The lowest BCUT2D eigenvalue weighted by Crippen LogP contribution is -2.54. The minimum atomic E-state index is -0.146. The van der Waals surface area contributed by atoms with E-state index in [2.05, 4.69) is 72.3 Å². The van der Waals surface area contributed by atoms with Crippen molar-refractivity contribution >= 4 is 17.5 Å². The number of amides is 1. The highest BCUT2D eigenvalue weighted by molar-refractivity contribution is 6.33. The minimum absolute atomic E-state index is 0.146. The molecule has 2 aromatic rings. The van der Waals surface area contributed by atoms with E-state index in [0.29, 0.717) is 41.5 Å². The fraction of sp³-hybridized carbons (Fsp3) is 0.565. The monoisotopic (exact) mass is 431 g/mol. The van der Waals surface area contributed by atoms with Crippen molar-refractivity contribution in [3.05, 3.63) is 51.8 Å². The SMILES string of the molecule is Cc1ccc(Cn2nc(C)c(C(=O)NCC(C(C)C)N3CCN(C)CC3)c2Cl)cc1. The van der Waals surface area contributed by atoms with Crippen molar-refractivity contribution in [1.29, 1.82) is 0 Å². The number of benzene rings is 1. The predicted molar refractivity (Wildman–Crippen MR) is 122 cm³/mol. The van der Waals surface area contributed by atoms with Crippen molar-refractivity contribution in [3.63, 3.8) is 0 Å². The van der Waals surface area contributed by atoms with Crippen LogP contribution in [0.25, 0.3) is 0 Å². The summed E-state index contributed by atoms with van der Waals surface area (Å²) in [5.74, 6) is 0.307. The summed E-state index contributed by atoms with van der Waals surface area (Å²) in [5, 5.41) is 8.04. The second kappa shape index (κ2) is 9.94. The van der Waals surface area contributed by atoms with Gasteiger partial charge >= 0.3 is 0 Å². The highest BCUT2D eigenvalue weighted by Gasteiger charge is 2.27. The van der Waals surface area contributed by atoms with Gasteiger partial charge in [-0.25, -0.2) is 4.68 Å². The van der Waals surface area contributed by atoms with Gasteiger partial charge in [-0.2, -0.15) is 5.10 Å². The quantitative estimate of drug-likeness (QED) is 0.731. The van der Waals surface area contributed by atoms with Crippen molar-refractivity contribution in [1.82, 2.24) is 24.9 Å². The Labute approximate surface area is 185 Å². The zero-order valence-electron chi connectivity index (χ0n) is 18.8. The van der Waals surface area contributed by atoms with E-state index < -0.39 is 0 Å². The van der Waals surface area contributed by atoms with Crippen LogP contribution in [0, 0.1) is 19.8 Å². The summed E-state index contributed by atoms with van der Waals surface area (Å²) in [6.45, 7) is 13.7. The number of hydrogen-bond acceptors (Lipinski definition) is 4. The van der Waals surface area contributed by atoms with E-state index in [1.165, 1.54) is 5.56 Å². The molecule has 6 nitrogen and oxygen atoms in total. The van der Waals surface area contributed by atoms with Crippen LogP contribution in [0.15, 0.2) is 24.3 Å². The number of hydrogen-bond donors (Lipinski definition) is 1. The Morgan fingerprint density at radius 1 is 1.13 bits per heavy atom. The fourth-order valence-corrected chi connectivity index (χ4v) is 4.33. The van der Waals surface area contributed by atoms with E-state index in [4.69, 9.17) is 11.6 Å². The van der Waals surface area contributed by atoms with E-state index in [-0.39, 0.29) is 5.91 Å². The summed E-state index contributed by atoms with van der Waals surface area (Å²) in [6.07, 6.45) is 0. The molecule has 0 radical (unpaired) electrons. The molecular weight excluding hydrogens is 398 g/mol. The number of carbonyl (C=O) groups is 1. The summed E-state index contributed by atoms with van der Waals surface area (Å²) in [6, 6.07) is 8.57. The van der Waals surface area contributed by atoms with Crippen LogP contribution < -0.4 is 5.32 Å². The molecule has 1 atom stereocenters. The van der Waals surface area contributed by atoms with Gasteiger partial charge in [0.15, 0.2) is 0 Å². The third kappa shape index (κ3) is 5.42. The van der Waals surface area contributed by atoms with E-state index in [1.807, 2.05) is 6.92 Å². The second-order valence-electron chi connectivity index (χ2n) is 8.76. The van der Waals surface area contributed by atoms with Crippen molar-refractivity contribution in [2.75, 3.05) is 39.8 Å². The average Bonchev–Trinajstić information content (AvgIpc) is 2.98. The summed E-state index contributed by atoms with van der Waals surface area (Å²) >= 11 is 6.57. The molecule has 1 N–H and O–H groups in total. The van der Waals surface area contributed by atoms with Crippen LogP contribution in [0.4, 0.5) is 0 Å². The molecule has 0 spiro atoms. The lowest BCUT2D eigenvalue weighted by molar-refractivity contribution is 0.0790. The van der Waals surface area contributed by atoms with E-state index in [1.54, 1.807) is 4.68 Å². The minimum Gasteiger partial charge on any atom is -0.350 e. The largest absolute Gasteiger partial charge is 0.350 e. The number of halogens is 1. The van der Waals surface area contributed by atoms with Gasteiger partial charge in [0.1, 0.15) is 5.15 Å². The number of rotatable bonds is 7. The summed E-state index contributed by atoms with van der Waals surface area (Å²) in [5.41, 5.74) is 3.45. The molecule has 0 bridgehead atoms. The third-order valence-electron chi connectivity index (χ3n) is 5.99. The lowest BCUT2D eigenvalue weighted by Gasteiger charge is -2.39. The zero-order valence-corrected chi connectivity index (χ0v) is 19.5. The van der Waals surface area contributed by atoms with Crippen LogP contribution in [-0.2, 0) is 6.54 Å². The molecule has 1 aromatic heterocycles. The second-order valence-corrected chi connectivity index (χ2v) is 9.11. The topological polar surface area (TPSA) is 53.4 Å². The maximum atomic E-state index is 13.0. The Balaban J connectivity index is 1.67. The Morgan fingerprint density at radius 3 is 2.37 bits per heavy atom. The molecule has 1 aromatic carbocycles. The van der Waals surface area contributed by atoms with Crippen molar-refractivity contribution in [3.8, 4) is 0 Å². The first-order chi connectivity index (χ1) is 14.3. The molecule has 30 heavy (non-hydrogen) atoms. The molecule has 164 valence electrons. The molecule has 3 rings (SSSR count). The van der Waals surface area contributed by atoms with Crippen LogP contribution in [0.2, 0.25) is 5.15 Å². The van der Waals surface area contributed by atoms with Gasteiger partial charge in [-0.1, -0.05) is 55.3 Å². The smallest absolute Gasteiger partial charge is 0.256 e. The molecule has 0 aliphatic carbocycles. The average molecular weight is 432 g/mol. The molecule has 0 saturated carbocycles. The first kappa shape index (κ1) is 22.8. The first-order valence-electron chi connectivity index (χ1n) is 10.8. The Hall–Kier alpha value is -1.89. The Kier molecular flexibility index (Phi) is 7.55. The number of nitrogens with one attached hydrogen (secondary N) is 1. The van der Waals surface area contributed by atoms with Crippen molar-refractivity contribution in [2.24, 2.45) is 5.92 Å². The van der Waals surface area contributed by atoms with Gasteiger partial charge in [-0.3, -0.25) is 9.69 Å². The molecule has 7 heteroatoms. The lowest BCUT2D eigenvalue weighted by atomic mass is 10.0. The van der Waals surface area contributed by atoms with Crippen LogP contribution in [0.5, 0.6) is 0 Å². The van der Waals surface area contributed by atoms with Crippen LogP contribution in [0.1, 0.15) is 41.0 Å². The standard InChI is InChI=1S/C23H34ClN5O/c1-16(2)20(28-12-10-27(5)11-13-28)14-25-23(30)21-18(4)26-29(22(21)24)15-19-8-6-17(3)7-9-19/h6-9,16,20H,10-15H2,1-5H3,(H,25,30). The Bertz CT molecular complexity index is 853. The Morgan fingerprint density at radius 2 is 1.77 bits per heavy atom. The molecule has 1 unspecified atom stereocenters. The number of likely N-dealkylation sites (N-methyl/N-ethyl adjacent to an activating group) is 1. The number of carbonyl (C=O) groups excluding carboxylic acids is 1. The van der Waals surface area contributed by atoms with Gasteiger partial charge in [0.25, 0.3) is 5.91 Å². The highest BCUT2D eigenvalue weighted by atomic mass is 35.5. The van der Waals surface area contributed by atoms with Crippen molar-refractivity contribution in [2.45, 2.75) is 40.3 Å². The van der Waals surface area contributed by atoms with Crippen LogP contribution in [-0.4, -0.2) is 71.3 Å². The number of piperazine rings is 1. The maximum absolute atomic E-state index is 13.0. The summed E-state index contributed by atoms with van der Waals surface area (Å²) in [4.78, 5) is 17.8. The molecule has 1 fully saturated rings. The summed E-state index contributed by atoms with van der Waals surface area (Å²) in [7, 11) is 2.16. The number of aryl methyl sites for hydroxylation is 2. The van der Waals surface area contributed by atoms with E-state index in [0.717, 1.165) is 31.7 Å². The summed E-state index contributed by atoms with van der Waals surface area (Å²) < 4.78 is 1.71.